The van der Waals surface area contributed by atoms with Crippen LogP contribution in [0, 0.1) is 0 Å². The second-order valence-corrected chi connectivity index (χ2v) is 5.47. The molecule has 0 fully saturated rings. The van der Waals surface area contributed by atoms with Gasteiger partial charge in [-0.1, -0.05) is 38.1 Å². The van der Waals surface area contributed by atoms with E-state index >= 15 is 0 Å². The summed E-state index contributed by atoms with van der Waals surface area (Å²) in [6, 6.07) is 13.6. The van der Waals surface area contributed by atoms with Crippen LogP contribution in [0.25, 0.3) is 0 Å². The smallest absolute Gasteiger partial charge is 0.0473 e. The molecule has 2 aromatic rings. The first-order valence-electron chi connectivity index (χ1n) is 7.03. The molecule has 0 aliphatic carbocycles. The normalized spacial score (nSPS) is 12.9. The number of nitrogens with zero attached hydrogens (tertiary/aromatic N) is 1. The van der Waals surface area contributed by atoms with Gasteiger partial charge in [0, 0.05) is 24.5 Å². The molecule has 0 saturated heterocycles. The van der Waals surface area contributed by atoms with Crippen molar-refractivity contribution in [3.63, 3.8) is 0 Å². The molecule has 1 unspecified atom stereocenters. The standard InChI is InChI=1S/C17H24N2/c1-13(2)16-9-7-15(8-10-16)12-19-11-5-6-17(19)14(3)18-4/h5-11,13-14,18H,12H2,1-4H3. The highest BCUT2D eigenvalue weighted by Gasteiger charge is 2.08. The van der Waals surface area contributed by atoms with Gasteiger partial charge in [-0.3, -0.25) is 0 Å². The summed E-state index contributed by atoms with van der Waals surface area (Å²) in [7, 11) is 2.00. The largest absolute Gasteiger partial charge is 0.346 e. The topological polar surface area (TPSA) is 17.0 Å². The van der Waals surface area contributed by atoms with Gasteiger partial charge in [-0.2, -0.15) is 0 Å². The third kappa shape index (κ3) is 3.27. The molecule has 2 nitrogen and oxygen atoms in total. The molecule has 0 amide bonds. The number of rotatable bonds is 5. The summed E-state index contributed by atoms with van der Waals surface area (Å²) in [6.45, 7) is 7.59. The Morgan fingerprint density at radius 1 is 1.05 bits per heavy atom. The minimum atomic E-state index is 0.380. The van der Waals surface area contributed by atoms with Gasteiger partial charge in [-0.05, 0) is 43.1 Å². The van der Waals surface area contributed by atoms with E-state index in [1.165, 1.54) is 16.8 Å². The van der Waals surface area contributed by atoms with Gasteiger partial charge in [0.2, 0.25) is 0 Å². The van der Waals surface area contributed by atoms with Crippen LogP contribution in [0.1, 0.15) is 49.6 Å². The average molecular weight is 256 g/mol. The van der Waals surface area contributed by atoms with Crippen LogP contribution in [-0.4, -0.2) is 11.6 Å². The number of hydrogen-bond donors (Lipinski definition) is 1. The van der Waals surface area contributed by atoms with Crippen LogP contribution in [0.5, 0.6) is 0 Å². The quantitative estimate of drug-likeness (QED) is 0.857. The summed E-state index contributed by atoms with van der Waals surface area (Å²) in [5.74, 6) is 0.598. The maximum atomic E-state index is 3.30. The van der Waals surface area contributed by atoms with Gasteiger partial charge in [0.25, 0.3) is 0 Å². The molecule has 0 spiro atoms. The monoisotopic (exact) mass is 256 g/mol. The highest BCUT2D eigenvalue weighted by Crippen LogP contribution is 2.18. The SMILES string of the molecule is CNC(C)c1cccn1Cc1ccc(C(C)C)cc1. The maximum Gasteiger partial charge on any atom is 0.0473 e. The summed E-state index contributed by atoms with van der Waals surface area (Å²) in [5.41, 5.74) is 4.08. The van der Waals surface area contributed by atoms with Gasteiger partial charge >= 0.3 is 0 Å². The van der Waals surface area contributed by atoms with E-state index in [1.54, 1.807) is 0 Å². The van der Waals surface area contributed by atoms with Gasteiger partial charge in [-0.15, -0.1) is 0 Å². The minimum absolute atomic E-state index is 0.380. The molecule has 1 heterocycles. The molecule has 2 heteroatoms. The Morgan fingerprint density at radius 2 is 1.74 bits per heavy atom. The molecule has 19 heavy (non-hydrogen) atoms. The third-order valence-electron chi connectivity index (χ3n) is 3.74. The molecule has 1 aromatic heterocycles. The van der Waals surface area contributed by atoms with Crippen LogP contribution in [0.3, 0.4) is 0 Å². The predicted molar refractivity (Wildman–Crippen MR) is 81.5 cm³/mol. The van der Waals surface area contributed by atoms with Gasteiger partial charge in [0.15, 0.2) is 0 Å². The van der Waals surface area contributed by atoms with E-state index in [2.05, 4.69) is 73.3 Å². The number of aromatic nitrogens is 1. The fourth-order valence-electron chi connectivity index (χ4n) is 2.32. The molecule has 0 aliphatic heterocycles. The first-order valence-corrected chi connectivity index (χ1v) is 7.03. The van der Waals surface area contributed by atoms with E-state index in [9.17, 15) is 0 Å². The van der Waals surface area contributed by atoms with E-state index in [1.807, 2.05) is 7.05 Å². The van der Waals surface area contributed by atoms with E-state index in [0.717, 1.165) is 6.54 Å². The first kappa shape index (κ1) is 13.9. The highest BCUT2D eigenvalue weighted by molar-refractivity contribution is 5.25. The molecular formula is C17H24N2. The molecule has 1 N–H and O–H groups in total. The zero-order valence-corrected chi connectivity index (χ0v) is 12.4. The van der Waals surface area contributed by atoms with Crippen LogP contribution in [0.15, 0.2) is 42.6 Å². The molecule has 0 aliphatic rings. The van der Waals surface area contributed by atoms with Crippen molar-refractivity contribution in [1.82, 2.24) is 9.88 Å². The predicted octanol–water partition coefficient (Wildman–Crippen LogP) is 3.94. The summed E-state index contributed by atoms with van der Waals surface area (Å²) >= 11 is 0. The number of nitrogens with one attached hydrogen (secondary N) is 1. The van der Waals surface area contributed by atoms with Crippen molar-refractivity contribution in [1.29, 1.82) is 0 Å². The van der Waals surface area contributed by atoms with Crippen LogP contribution in [0.2, 0.25) is 0 Å². The van der Waals surface area contributed by atoms with Crippen molar-refractivity contribution in [2.75, 3.05) is 7.05 Å². The van der Waals surface area contributed by atoms with Crippen molar-refractivity contribution in [2.45, 2.75) is 39.3 Å². The second-order valence-electron chi connectivity index (χ2n) is 5.47. The van der Waals surface area contributed by atoms with Crippen molar-refractivity contribution >= 4 is 0 Å². The fraction of sp³-hybridized carbons (Fsp3) is 0.412. The van der Waals surface area contributed by atoms with E-state index in [-0.39, 0.29) is 0 Å². The van der Waals surface area contributed by atoms with Gasteiger partial charge in [0.05, 0.1) is 0 Å². The average Bonchev–Trinajstić information content (AvgIpc) is 2.86. The molecule has 1 atom stereocenters. The Hall–Kier alpha value is -1.54. The molecule has 0 bridgehead atoms. The van der Waals surface area contributed by atoms with Crippen LogP contribution in [0.4, 0.5) is 0 Å². The van der Waals surface area contributed by atoms with E-state index < -0.39 is 0 Å². The lowest BCUT2D eigenvalue weighted by molar-refractivity contribution is 0.589. The van der Waals surface area contributed by atoms with Crippen molar-refractivity contribution in [2.24, 2.45) is 0 Å². The Morgan fingerprint density at radius 3 is 2.32 bits per heavy atom. The lowest BCUT2D eigenvalue weighted by Gasteiger charge is -2.15. The summed E-state index contributed by atoms with van der Waals surface area (Å²) in [5, 5.41) is 3.30. The second kappa shape index (κ2) is 6.07. The number of benzene rings is 1. The van der Waals surface area contributed by atoms with Gasteiger partial charge in [-0.25, -0.2) is 0 Å². The summed E-state index contributed by atoms with van der Waals surface area (Å²) in [4.78, 5) is 0. The van der Waals surface area contributed by atoms with Crippen LogP contribution >= 0.6 is 0 Å². The molecular weight excluding hydrogens is 232 g/mol. The summed E-state index contributed by atoms with van der Waals surface area (Å²) < 4.78 is 2.31. The zero-order chi connectivity index (χ0) is 13.8. The van der Waals surface area contributed by atoms with E-state index in [4.69, 9.17) is 0 Å². The molecule has 1 aromatic carbocycles. The third-order valence-corrected chi connectivity index (χ3v) is 3.74. The lowest BCUT2D eigenvalue weighted by Crippen LogP contribution is -2.16. The van der Waals surface area contributed by atoms with Crippen molar-refractivity contribution in [3.8, 4) is 0 Å². The van der Waals surface area contributed by atoms with Crippen molar-refractivity contribution < 1.29 is 0 Å². The fourth-order valence-corrected chi connectivity index (χ4v) is 2.32. The maximum absolute atomic E-state index is 3.30. The van der Waals surface area contributed by atoms with E-state index in [0.29, 0.717) is 12.0 Å². The summed E-state index contributed by atoms with van der Waals surface area (Å²) in [6.07, 6.45) is 2.15. The first-order chi connectivity index (χ1) is 9.11. The Bertz CT molecular complexity index is 508. The van der Waals surface area contributed by atoms with Crippen LogP contribution < -0.4 is 5.32 Å². The molecule has 102 valence electrons. The number of hydrogen-bond acceptors (Lipinski definition) is 1. The highest BCUT2D eigenvalue weighted by atomic mass is 15.0. The lowest BCUT2D eigenvalue weighted by atomic mass is 10.0. The molecule has 0 saturated carbocycles. The van der Waals surface area contributed by atoms with Gasteiger partial charge < -0.3 is 9.88 Å². The molecule has 0 radical (unpaired) electrons. The van der Waals surface area contributed by atoms with Gasteiger partial charge in [0.1, 0.15) is 0 Å². The molecule has 2 rings (SSSR count). The Balaban J connectivity index is 2.15. The Labute approximate surface area is 116 Å². The van der Waals surface area contributed by atoms with Crippen molar-refractivity contribution in [3.05, 3.63) is 59.4 Å². The zero-order valence-electron chi connectivity index (χ0n) is 12.4. The van der Waals surface area contributed by atoms with Crippen LogP contribution in [-0.2, 0) is 6.54 Å². The minimum Gasteiger partial charge on any atom is -0.346 e. The Kier molecular flexibility index (Phi) is 4.43.